The first-order valence-corrected chi connectivity index (χ1v) is 53.9. The summed E-state index contributed by atoms with van der Waals surface area (Å²) in [5.74, 6) is -5.15. The lowest BCUT2D eigenvalue weighted by atomic mass is 9.97. The Bertz CT molecular complexity index is 3490. The summed E-state index contributed by atoms with van der Waals surface area (Å²) < 4.78 is 0. The van der Waals surface area contributed by atoms with Crippen molar-refractivity contribution >= 4 is 88.7 Å². The largest absolute Gasteiger partial charge is 0.481 e. The summed E-state index contributed by atoms with van der Waals surface area (Å²) in [6, 6.07) is -8.64. The Morgan fingerprint density at radius 2 is 0.284 bits per heavy atom. The third kappa shape index (κ3) is 74.4. The third-order valence-electron chi connectivity index (χ3n) is 24.2. The first kappa shape index (κ1) is 133. The molecule has 0 spiro atoms. The van der Waals surface area contributed by atoms with Crippen LogP contribution in [0.4, 0.5) is 0 Å². The molecular weight excluding hydrogens is 1800 g/mol. The summed E-state index contributed by atoms with van der Waals surface area (Å²) in [6.45, 7) is 41.8. The molecule has 27 N–H and O–H groups in total. The van der Waals surface area contributed by atoms with Crippen LogP contribution in [0.3, 0.4) is 0 Å². The van der Waals surface area contributed by atoms with Gasteiger partial charge in [0, 0.05) is 181 Å². The highest BCUT2D eigenvalue weighted by Crippen LogP contribution is 2.23. The molecule has 0 aliphatic rings. The first-order valence-electron chi connectivity index (χ1n) is 53.9. The second-order valence-electron chi connectivity index (χ2n) is 44.6. The average molecular weight is 2000 g/mol. The minimum Gasteiger partial charge on any atom is -0.481 e. The van der Waals surface area contributed by atoms with Crippen LogP contribution in [0.2, 0.25) is 0 Å². The Morgan fingerprint density at radius 3 is 0.404 bits per heavy atom. The molecule has 0 heterocycles. The minimum absolute atomic E-state index is 0.0106. The number of nitrogens with one attached hydrogen (secondary N) is 14. The number of carbonyl (C=O) groups is 15. The van der Waals surface area contributed by atoms with Crippen molar-refractivity contribution in [3.8, 4) is 0 Å². The fourth-order valence-corrected chi connectivity index (χ4v) is 18.7. The van der Waals surface area contributed by atoms with Gasteiger partial charge in [0.05, 0.1) is 6.42 Å². The van der Waals surface area contributed by atoms with Crippen molar-refractivity contribution < 1.29 is 77.0 Å². The fraction of sp³-hybridized carbons (Fsp3) is 0.857. The molecule has 0 aromatic heterocycles. The van der Waals surface area contributed by atoms with E-state index in [1.807, 2.05) is 138 Å². The van der Waals surface area contributed by atoms with Crippen LogP contribution in [-0.4, -0.2) is 217 Å². The van der Waals surface area contributed by atoms with E-state index >= 15 is 0 Å². The fourth-order valence-electron chi connectivity index (χ4n) is 18.7. The monoisotopic (exact) mass is 2000 g/mol. The highest BCUT2D eigenvalue weighted by atomic mass is 16.4. The van der Waals surface area contributed by atoms with Crippen molar-refractivity contribution in [2.75, 3.05) is 32.7 Å². The van der Waals surface area contributed by atoms with E-state index < -0.39 is 108 Å². The molecule has 0 fully saturated rings. The van der Waals surface area contributed by atoms with Crippen LogP contribution in [-0.2, 0) is 71.9 Å². The normalized spacial score (nSPS) is 15.0. The Kier molecular flexibility index (Phi) is 72.8. The number of amides is 14. The molecule has 0 radical (unpaired) electrons. The molecule has 0 saturated heterocycles. The molecule has 0 aliphatic heterocycles. The van der Waals surface area contributed by atoms with Gasteiger partial charge in [-0.25, -0.2) is 0 Å². The highest BCUT2D eigenvalue weighted by Gasteiger charge is 2.34. The molecule has 0 unspecified atom stereocenters. The van der Waals surface area contributed by atoms with Gasteiger partial charge in [0.15, 0.2) is 0 Å². The van der Waals surface area contributed by atoms with Gasteiger partial charge in [0.1, 0.15) is 0 Å². The van der Waals surface area contributed by atoms with Crippen molar-refractivity contribution in [3.63, 3.8) is 0 Å². The first-order chi connectivity index (χ1) is 66.3. The van der Waals surface area contributed by atoms with E-state index in [1.165, 1.54) is 0 Å². The predicted octanol–water partition coefficient (Wildman–Crippen LogP) is 9.14. The van der Waals surface area contributed by atoms with Crippen molar-refractivity contribution in [1.82, 2.24) is 74.4 Å². The second kappa shape index (κ2) is 77.3. The van der Waals surface area contributed by atoms with Gasteiger partial charge in [-0.1, -0.05) is 171 Å². The molecule has 0 saturated carbocycles. The molecule has 0 aliphatic carbocycles. The lowest BCUT2D eigenvalue weighted by Crippen LogP contribution is -2.48. The van der Waals surface area contributed by atoms with Crippen molar-refractivity contribution in [3.05, 3.63) is 0 Å². The topological polar surface area (TPSA) is 601 Å². The Labute approximate surface area is 848 Å². The number of carboxylic acid groups (broad SMARTS) is 1. The van der Waals surface area contributed by atoms with Gasteiger partial charge in [-0.3, -0.25) is 71.9 Å². The highest BCUT2D eigenvalue weighted by molar-refractivity contribution is 5.87. The van der Waals surface area contributed by atoms with Gasteiger partial charge >= 0.3 is 5.97 Å². The number of unbranched alkanes of at least 4 members (excludes halogenated alkanes) is 5. The number of hydrogen-bond donors (Lipinski definition) is 21. The van der Waals surface area contributed by atoms with E-state index in [0.29, 0.717) is 193 Å². The second-order valence-corrected chi connectivity index (χ2v) is 44.6. The Hall–Kier alpha value is -8.19. The zero-order valence-corrected chi connectivity index (χ0v) is 90.8. The van der Waals surface area contributed by atoms with Crippen molar-refractivity contribution in [2.45, 2.75) is 486 Å². The van der Waals surface area contributed by atoms with Crippen LogP contribution in [0.25, 0.3) is 0 Å². The van der Waals surface area contributed by atoms with E-state index in [9.17, 15) is 77.0 Å². The maximum Gasteiger partial charge on any atom is 0.305 e. The molecule has 36 nitrogen and oxygen atoms in total. The number of carbonyl (C=O) groups excluding carboxylic acids is 14. The van der Waals surface area contributed by atoms with Crippen LogP contribution < -0.4 is 109 Å². The molecule has 0 aromatic rings. The molecular formula is C105H202N20O16. The van der Waals surface area contributed by atoms with E-state index in [1.54, 1.807) is 0 Å². The summed E-state index contributed by atoms with van der Waals surface area (Å²) in [5, 5.41) is 52.3. The van der Waals surface area contributed by atoms with E-state index in [4.69, 9.17) is 34.4 Å². The maximum atomic E-state index is 14.3. The van der Waals surface area contributed by atoms with E-state index in [2.05, 4.69) is 74.4 Å². The molecule has 36 heteroatoms. The zero-order valence-electron chi connectivity index (χ0n) is 90.8. The van der Waals surface area contributed by atoms with Gasteiger partial charge in [-0.05, 0) is 220 Å². The summed E-state index contributed by atoms with van der Waals surface area (Å²) in [5.41, 5.74) is 35.6. The number of carboxylic acids is 1. The minimum atomic E-state index is -1.03. The van der Waals surface area contributed by atoms with Crippen molar-refractivity contribution in [1.29, 1.82) is 0 Å². The lowest BCUT2D eigenvalue weighted by molar-refractivity contribution is -0.138. The molecule has 0 rings (SSSR count). The molecule has 818 valence electrons. The molecule has 15 atom stereocenters. The van der Waals surface area contributed by atoms with E-state index in [-0.39, 0.29) is 221 Å². The average Bonchev–Trinajstić information content (AvgIpc) is 0.889. The van der Waals surface area contributed by atoms with Crippen molar-refractivity contribution in [2.24, 2.45) is 93.6 Å². The predicted molar refractivity (Wildman–Crippen MR) is 561 cm³/mol. The lowest BCUT2D eigenvalue weighted by Gasteiger charge is -2.27. The van der Waals surface area contributed by atoms with Crippen LogP contribution in [0.5, 0.6) is 0 Å². The molecule has 0 bridgehead atoms. The summed E-state index contributed by atoms with van der Waals surface area (Å²) in [7, 11) is 0. The quantitative estimate of drug-likeness (QED) is 0.0252. The van der Waals surface area contributed by atoms with Gasteiger partial charge in [0.2, 0.25) is 82.7 Å². The van der Waals surface area contributed by atoms with Gasteiger partial charge < -0.3 is 114 Å². The van der Waals surface area contributed by atoms with E-state index in [0.717, 1.165) is 6.42 Å². The maximum absolute atomic E-state index is 14.3. The number of aliphatic carboxylic acids is 1. The number of rotatable bonds is 84. The summed E-state index contributed by atoms with van der Waals surface area (Å²) in [6.07, 6.45) is 12.2. The number of hydrogen-bond acceptors (Lipinski definition) is 21. The summed E-state index contributed by atoms with van der Waals surface area (Å²) in [4.78, 5) is 208. The molecule has 14 amide bonds. The van der Waals surface area contributed by atoms with Crippen LogP contribution in [0, 0.1) is 59.2 Å². The SMILES string of the molecule is CC(C)C[C@H](N)CC(=O)N[C@@H](CCCCN)CC(=O)N[C@H](CC(=O)N[C@H](CC(=O)N[C@@H](CCCCN)CC(=O)N[C@H](CC(=O)N[C@H](CC(=O)N[C@@H](CCCCN)CC(=O)N[C@H](CC(=O)N[C@H](CC(=O)N[C@@H](CCCCN)CC(=O)N[C@H](CC(=O)N[C@H](CC(=O)N[C@@H](CCCCN)CC(=O)N[C@H](CC(=O)O)CC(C)C)CC(C)C)CC(C)C)CC(C)C)CC(C)C)CC(C)C)CC(C)C)CC(C)C)CC(C)C. The van der Waals surface area contributed by atoms with Crippen LogP contribution in [0.15, 0.2) is 0 Å². The standard InChI is InChI=1S/C105H202N20O16/c1-66(2)41-76(111)51-91(126)112-77(31-21-26-36-106)52-92(127)117-86(46-71(11)12)61-101(136)121-82(42-67(3)4)57-97(132)113-78(32-22-27-37-107)53-93(128)118-87(47-72(13)14)62-102(137)122-83(43-68(5)6)58-98(133)114-79(33-23-28-38-108)54-94(129)119-88(48-73(15)16)63-103(138)123-84(44-69(7)8)59-99(134)115-80(34-24-29-39-109)55-95(130)120-89(49-74(17)18)64-104(139)124-85(45-70(9)10)60-100(135)116-81(35-25-30-40-110)56-96(131)125-90(50-75(19)20)65-105(140)141/h66-90H,21-65,106-111H2,1-20H3,(H,112,126)(H,113,132)(H,114,133)(H,115,134)(H,116,135)(H,117,127)(H,118,128)(H,119,129)(H,120,130)(H,121,136)(H,122,137)(H,123,138)(H,124,139)(H,125,131)(H,140,141)/t76-,77-,78-,79-,80-,81-,82-,83-,84-,85-,86-,87-,88-,89-,90-/m0/s1. The van der Waals surface area contributed by atoms with Gasteiger partial charge in [-0.2, -0.15) is 0 Å². The van der Waals surface area contributed by atoms with Crippen LogP contribution in [0.1, 0.15) is 395 Å². The van der Waals surface area contributed by atoms with Gasteiger partial charge in [-0.15, -0.1) is 0 Å². The third-order valence-corrected chi connectivity index (χ3v) is 24.2. The Balaban J connectivity index is 6.52. The smallest absolute Gasteiger partial charge is 0.305 e. The number of nitrogens with two attached hydrogens (primary N) is 6. The van der Waals surface area contributed by atoms with Gasteiger partial charge in [0.25, 0.3) is 0 Å². The Morgan fingerprint density at radius 1 is 0.170 bits per heavy atom. The molecule has 0 aromatic carbocycles. The zero-order chi connectivity index (χ0) is 107. The summed E-state index contributed by atoms with van der Waals surface area (Å²) >= 11 is 0. The van der Waals surface area contributed by atoms with Crippen LogP contribution >= 0.6 is 0 Å². The molecule has 141 heavy (non-hydrogen) atoms.